The van der Waals surface area contributed by atoms with Crippen molar-refractivity contribution in [2.45, 2.75) is 12.8 Å². The fourth-order valence-electron chi connectivity index (χ4n) is 3.82. The Balaban J connectivity index is 1.71. The lowest BCUT2D eigenvalue weighted by atomic mass is 10.1. The summed E-state index contributed by atoms with van der Waals surface area (Å²) in [5.74, 6) is -0.588. The maximum absolute atomic E-state index is 11.8. The molecule has 6 nitrogen and oxygen atoms in total. The van der Waals surface area contributed by atoms with Gasteiger partial charge in [0.1, 0.15) is 16.9 Å². The van der Waals surface area contributed by atoms with Crippen LogP contribution in [0.3, 0.4) is 0 Å². The van der Waals surface area contributed by atoms with Crippen LogP contribution in [0, 0.1) is 0 Å². The fourth-order valence-corrected chi connectivity index (χ4v) is 6.70. The number of benzene rings is 2. The van der Waals surface area contributed by atoms with Gasteiger partial charge in [-0.3, -0.25) is 9.59 Å². The normalized spacial score (nSPS) is 11.2. The molecule has 10 heteroatoms. The van der Waals surface area contributed by atoms with Gasteiger partial charge in [0.2, 0.25) is 0 Å². The number of hydrogen-bond donors (Lipinski definition) is 0. The molecule has 0 aliphatic carbocycles. The van der Waals surface area contributed by atoms with Crippen molar-refractivity contribution in [3.8, 4) is 21.1 Å². The first-order valence-electron chi connectivity index (χ1n) is 10.8. The number of fused-ring (bicyclic) bond motifs is 2. The predicted molar refractivity (Wildman–Crippen MR) is 151 cm³/mol. The predicted octanol–water partition coefficient (Wildman–Crippen LogP) is 7.20. The van der Waals surface area contributed by atoms with Gasteiger partial charge in [0.15, 0.2) is 0 Å². The van der Waals surface area contributed by atoms with Crippen LogP contribution in [0.15, 0.2) is 56.8 Å². The maximum Gasteiger partial charge on any atom is 0.310 e. The molecule has 36 heavy (non-hydrogen) atoms. The van der Waals surface area contributed by atoms with E-state index in [4.69, 9.17) is 19.4 Å². The highest BCUT2D eigenvalue weighted by Crippen LogP contribution is 2.40. The number of methoxy groups -OCH3 is 2. The smallest absolute Gasteiger partial charge is 0.310 e. The van der Waals surface area contributed by atoms with Gasteiger partial charge in [0, 0.05) is 9.35 Å². The highest BCUT2D eigenvalue weighted by Gasteiger charge is 2.20. The van der Waals surface area contributed by atoms with Crippen LogP contribution in [-0.2, 0) is 31.9 Å². The minimum Gasteiger partial charge on any atom is -0.469 e. The maximum atomic E-state index is 11.8. The lowest BCUT2D eigenvalue weighted by Crippen LogP contribution is -2.03. The third kappa shape index (κ3) is 4.95. The highest BCUT2D eigenvalue weighted by molar-refractivity contribution is 9.11. The van der Waals surface area contributed by atoms with Crippen LogP contribution in [0.1, 0.15) is 10.4 Å². The van der Waals surface area contributed by atoms with Crippen LogP contribution >= 0.6 is 54.5 Å². The first-order chi connectivity index (χ1) is 17.4. The molecule has 0 amide bonds. The van der Waals surface area contributed by atoms with Crippen LogP contribution < -0.4 is 0 Å². The molecule has 0 atom stereocenters. The number of carbonyl (C=O) groups excluding carboxylic acids is 2. The number of aromatic nitrogens is 2. The summed E-state index contributed by atoms with van der Waals surface area (Å²) in [6, 6.07) is 13.9. The molecule has 0 N–H and O–H groups in total. The monoisotopic (exact) mass is 644 g/mol. The van der Waals surface area contributed by atoms with Gasteiger partial charge in [-0.2, -0.15) is 0 Å². The fraction of sp³-hybridized carbons (Fsp3) is 0.154. The zero-order chi connectivity index (χ0) is 25.4. The molecule has 0 unspecified atom stereocenters. The summed E-state index contributed by atoms with van der Waals surface area (Å²) in [6.07, 6.45) is 0.388. The number of hydrogen-bond acceptors (Lipinski definition) is 8. The van der Waals surface area contributed by atoms with E-state index in [0.717, 1.165) is 56.6 Å². The minimum atomic E-state index is -0.295. The van der Waals surface area contributed by atoms with Gasteiger partial charge >= 0.3 is 11.9 Å². The Morgan fingerprint density at radius 3 is 2.42 bits per heavy atom. The molecule has 3 aromatic heterocycles. The molecular formula is C26H18Br2N2O4S2. The van der Waals surface area contributed by atoms with E-state index >= 15 is 0 Å². The average molecular weight is 646 g/mol. The number of thiophene rings is 2. The second-order valence-electron chi connectivity index (χ2n) is 7.94. The van der Waals surface area contributed by atoms with Crippen molar-refractivity contribution in [3.05, 3.63) is 67.2 Å². The zero-order valence-corrected chi connectivity index (χ0v) is 23.9. The van der Waals surface area contributed by atoms with E-state index in [9.17, 15) is 9.59 Å². The van der Waals surface area contributed by atoms with Crippen molar-refractivity contribution in [2.24, 2.45) is 0 Å². The van der Waals surface area contributed by atoms with E-state index in [0.29, 0.717) is 5.69 Å². The average Bonchev–Trinajstić information content (AvgIpc) is 3.53. The number of esters is 2. The lowest BCUT2D eigenvalue weighted by Gasteiger charge is -2.11. The van der Waals surface area contributed by atoms with Crippen LogP contribution in [0.4, 0.5) is 0 Å². The Hall–Kier alpha value is -2.66. The molecule has 0 fully saturated rings. The SMILES string of the molecule is COC(=O)Cc1csc(-c2nc3cc4ccc(Br)cc4c(Br)c3nc2-c2ccc(CC(=O)OC)s2)c1. The van der Waals surface area contributed by atoms with Crippen molar-refractivity contribution in [3.63, 3.8) is 0 Å². The third-order valence-electron chi connectivity index (χ3n) is 5.58. The summed E-state index contributed by atoms with van der Waals surface area (Å²) in [5, 5.41) is 4.01. The molecule has 3 heterocycles. The number of rotatable bonds is 6. The quantitative estimate of drug-likeness (QED) is 0.144. The van der Waals surface area contributed by atoms with Gasteiger partial charge in [0.05, 0.1) is 46.8 Å². The van der Waals surface area contributed by atoms with E-state index in [1.165, 1.54) is 36.9 Å². The molecule has 5 aromatic rings. The van der Waals surface area contributed by atoms with Gasteiger partial charge in [-0.15, -0.1) is 22.7 Å². The largest absolute Gasteiger partial charge is 0.469 e. The van der Waals surface area contributed by atoms with Gasteiger partial charge in [-0.25, -0.2) is 9.97 Å². The Kier molecular flexibility index (Phi) is 7.21. The van der Waals surface area contributed by atoms with Gasteiger partial charge < -0.3 is 9.47 Å². The van der Waals surface area contributed by atoms with Gasteiger partial charge in [-0.1, -0.05) is 22.0 Å². The number of nitrogens with zero attached hydrogens (tertiary/aromatic N) is 2. The summed E-state index contributed by atoms with van der Waals surface area (Å²) < 4.78 is 11.5. The Morgan fingerprint density at radius 1 is 0.889 bits per heavy atom. The molecule has 0 bridgehead atoms. The molecule has 0 saturated carbocycles. The Bertz CT molecular complexity index is 1640. The lowest BCUT2D eigenvalue weighted by molar-refractivity contribution is -0.140. The summed E-state index contributed by atoms with van der Waals surface area (Å²) in [7, 11) is 2.76. The van der Waals surface area contributed by atoms with E-state index in [2.05, 4.69) is 31.9 Å². The second kappa shape index (κ2) is 10.4. The zero-order valence-electron chi connectivity index (χ0n) is 19.1. The van der Waals surface area contributed by atoms with Crippen LogP contribution in [0.5, 0.6) is 0 Å². The van der Waals surface area contributed by atoms with Crippen LogP contribution in [0.2, 0.25) is 0 Å². The van der Waals surface area contributed by atoms with E-state index < -0.39 is 0 Å². The first kappa shape index (κ1) is 25.0. The number of halogens is 2. The second-order valence-corrected chi connectivity index (χ2v) is 11.7. The highest BCUT2D eigenvalue weighted by atomic mass is 79.9. The van der Waals surface area contributed by atoms with E-state index in [-0.39, 0.29) is 24.8 Å². The number of carbonyl (C=O) groups is 2. The van der Waals surface area contributed by atoms with Gasteiger partial charge in [0.25, 0.3) is 0 Å². The van der Waals surface area contributed by atoms with Crippen LogP contribution in [-0.4, -0.2) is 36.1 Å². The van der Waals surface area contributed by atoms with Crippen molar-refractivity contribution in [1.29, 1.82) is 0 Å². The summed E-state index contributed by atoms with van der Waals surface area (Å²) in [6.45, 7) is 0. The summed E-state index contributed by atoms with van der Waals surface area (Å²) >= 11 is 10.3. The molecule has 0 radical (unpaired) electrons. The first-order valence-corrected chi connectivity index (χ1v) is 14.0. The molecule has 0 saturated heterocycles. The Labute approximate surface area is 231 Å². The van der Waals surface area contributed by atoms with E-state index in [1.54, 1.807) is 0 Å². The minimum absolute atomic E-state index is 0.191. The Morgan fingerprint density at radius 2 is 1.64 bits per heavy atom. The van der Waals surface area contributed by atoms with Crippen molar-refractivity contribution in [1.82, 2.24) is 9.97 Å². The molecular weight excluding hydrogens is 628 g/mol. The molecule has 5 rings (SSSR count). The molecule has 2 aromatic carbocycles. The summed E-state index contributed by atoms with van der Waals surface area (Å²) in [5.41, 5.74) is 3.79. The standard InChI is InChI=1S/C26H18Br2N2O4S2/c1-33-21(31)8-13-7-20(35-12-13)26-25(19-6-5-16(36-19)11-22(32)34-2)30-24-18(29-26)9-14-3-4-15(27)10-17(14)23(24)28/h3-7,9-10,12H,8,11H2,1-2H3. The molecule has 0 aliphatic heterocycles. The van der Waals surface area contributed by atoms with Crippen molar-refractivity contribution in [2.75, 3.05) is 14.2 Å². The van der Waals surface area contributed by atoms with E-state index in [1.807, 2.05) is 47.8 Å². The van der Waals surface area contributed by atoms with Crippen molar-refractivity contribution >= 4 is 88.3 Å². The molecule has 0 spiro atoms. The van der Waals surface area contributed by atoms with Crippen molar-refractivity contribution < 1.29 is 19.1 Å². The third-order valence-corrected chi connectivity index (χ3v) is 8.95. The number of ether oxygens (including phenoxy) is 2. The topological polar surface area (TPSA) is 78.4 Å². The summed E-state index contributed by atoms with van der Waals surface area (Å²) in [4.78, 5) is 36.4. The molecule has 182 valence electrons. The van der Waals surface area contributed by atoms with Gasteiger partial charge in [-0.05, 0) is 74.0 Å². The van der Waals surface area contributed by atoms with Crippen LogP contribution in [0.25, 0.3) is 42.9 Å². The molecule has 0 aliphatic rings.